The van der Waals surface area contributed by atoms with Gasteiger partial charge >= 0.3 is 0 Å². The molecule has 2 aliphatic rings. The first-order valence-corrected chi connectivity index (χ1v) is 7.61. The molecule has 1 aliphatic carbocycles. The average Bonchev–Trinajstić information content (AvgIpc) is 2.46. The van der Waals surface area contributed by atoms with Crippen LogP contribution < -0.4 is 11.1 Å². The molecule has 21 heavy (non-hydrogen) atoms. The molecule has 7 heteroatoms. The van der Waals surface area contributed by atoms with Gasteiger partial charge in [0.25, 0.3) is 0 Å². The number of rotatable bonds is 3. The van der Waals surface area contributed by atoms with Crippen LogP contribution in [-0.2, 0) is 4.79 Å². The average molecular weight is 318 g/mol. The fraction of sp³-hybridized carbons (Fsp3) is 0.857. The highest BCUT2D eigenvalue weighted by atomic mass is 35.5. The predicted molar refractivity (Wildman–Crippen MR) is 86.7 cm³/mol. The first-order valence-electron chi connectivity index (χ1n) is 7.61. The number of halogens is 1. The molecule has 1 saturated carbocycles. The Kier molecular flexibility index (Phi) is 7.25. The van der Waals surface area contributed by atoms with Gasteiger partial charge in [-0.05, 0) is 38.6 Å². The Labute approximate surface area is 133 Å². The van der Waals surface area contributed by atoms with Crippen molar-refractivity contribution < 1.29 is 4.79 Å². The molecule has 0 bridgehead atoms. The van der Waals surface area contributed by atoms with Gasteiger partial charge in [0, 0.05) is 38.6 Å². The minimum absolute atomic E-state index is 0. The summed E-state index contributed by atoms with van der Waals surface area (Å²) in [6.07, 6.45) is 4.08. The van der Waals surface area contributed by atoms with Gasteiger partial charge in [-0.15, -0.1) is 12.4 Å². The predicted octanol–water partition coefficient (Wildman–Crippen LogP) is 0.472. The molecule has 0 aromatic heterocycles. The molecule has 0 radical (unpaired) electrons. The van der Waals surface area contributed by atoms with E-state index in [2.05, 4.69) is 17.3 Å². The van der Waals surface area contributed by atoms with E-state index in [0.29, 0.717) is 11.8 Å². The van der Waals surface area contributed by atoms with Crippen molar-refractivity contribution in [2.45, 2.75) is 25.7 Å². The second kappa shape index (κ2) is 8.44. The summed E-state index contributed by atoms with van der Waals surface area (Å²) < 4.78 is 0. The third-order valence-electron chi connectivity index (χ3n) is 4.59. The van der Waals surface area contributed by atoms with Crippen molar-refractivity contribution in [1.82, 2.24) is 15.1 Å². The summed E-state index contributed by atoms with van der Waals surface area (Å²) in [5.74, 6) is 1.17. The quantitative estimate of drug-likeness (QED) is 0.522. The van der Waals surface area contributed by atoms with Gasteiger partial charge in [0.1, 0.15) is 0 Å². The maximum Gasteiger partial charge on any atom is 0.225 e. The van der Waals surface area contributed by atoms with Crippen molar-refractivity contribution in [2.75, 3.05) is 39.8 Å². The molecule has 0 unspecified atom stereocenters. The number of carbonyl (C=O) groups excluding carboxylic acids is 1. The lowest BCUT2D eigenvalue weighted by Gasteiger charge is -2.36. The monoisotopic (exact) mass is 317 g/mol. The maximum atomic E-state index is 12.5. The first-order chi connectivity index (χ1) is 9.56. The molecule has 0 aromatic rings. The van der Waals surface area contributed by atoms with Gasteiger partial charge in [0.05, 0.1) is 0 Å². The zero-order chi connectivity index (χ0) is 14.5. The number of carbonyl (C=O) groups is 1. The Morgan fingerprint density at radius 1 is 1.19 bits per heavy atom. The van der Waals surface area contributed by atoms with Crippen LogP contribution in [0.25, 0.3) is 0 Å². The lowest BCUT2D eigenvalue weighted by Crippen LogP contribution is -2.49. The molecular formula is C14H28ClN5O. The molecule has 0 spiro atoms. The Bertz CT molecular complexity index is 349. The molecule has 1 heterocycles. The summed E-state index contributed by atoms with van der Waals surface area (Å²) in [6.45, 7) is 4.50. The maximum absolute atomic E-state index is 12.5. The van der Waals surface area contributed by atoms with E-state index in [1.54, 1.807) is 0 Å². The largest absolute Gasteiger partial charge is 0.370 e. The van der Waals surface area contributed by atoms with Crippen molar-refractivity contribution >= 4 is 24.3 Å². The van der Waals surface area contributed by atoms with E-state index in [1.807, 2.05) is 4.90 Å². The number of guanidine groups is 1. The van der Waals surface area contributed by atoms with Crippen molar-refractivity contribution in [3.63, 3.8) is 0 Å². The number of hydrogen-bond donors (Lipinski definition) is 3. The topological polar surface area (TPSA) is 85.5 Å². The Hall–Kier alpha value is -1.01. The van der Waals surface area contributed by atoms with Crippen molar-refractivity contribution in [2.24, 2.45) is 17.6 Å². The highest BCUT2D eigenvalue weighted by Gasteiger charge is 2.30. The fourth-order valence-electron chi connectivity index (χ4n) is 3.15. The molecule has 0 aromatic carbocycles. The van der Waals surface area contributed by atoms with E-state index in [0.717, 1.165) is 58.4 Å². The molecule has 1 aliphatic heterocycles. The highest BCUT2D eigenvalue weighted by Crippen LogP contribution is 2.29. The van der Waals surface area contributed by atoms with Gasteiger partial charge in [-0.25, -0.2) is 0 Å². The minimum Gasteiger partial charge on any atom is -0.370 e. The summed E-state index contributed by atoms with van der Waals surface area (Å²) in [5, 5.41) is 10.1. The molecule has 6 nitrogen and oxygen atoms in total. The van der Waals surface area contributed by atoms with Crippen LogP contribution in [0.4, 0.5) is 0 Å². The standard InChI is InChI=1S/C14H27N5O.ClH/c1-18-6-8-19(9-7-18)13(20)12-4-2-11(3-5-12)10-17-14(15)16;/h11-12H,2-10H2,1H3,(H4,15,16,17);1H/t11-,12-;. The van der Waals surface area contributed by atoms with Crippen LogP contribution >= 0.6 is 12.4 Å². The second-order valence-electron chi connectivity index (χ2n) is 6.14. The summed E-state index contributed by atoms with van der Waals surface area (Å²) in [5.41, 5.74) is 5.30. The Balaban J connectivity index is 0.00000220. The molecule has 1 amide bonds. The van der Waals surface area contributed by atoms with Gasteiger partial charge in [0.15, 0.2) is 5.96 Å². The number of amides is 1. The van der Waals surface area contributed by atoms with Crippen LogP contribution in [0, 0.1) is 17.2 Å². The fourth-order valence-corrected chi connectivity index (χ4v) is 3.15. The molecule has 2 fully saturated rings. The van der Waals surface area contributed by atoms with Gasteiger partial charge < -0.3 is 20.9 Å². The van der Waals surface area contributed by atoms with E-state index in [-0.39, 0.29) is 24.3 Å². The molecular weight excluding hydrogens is 290 g/mol. The van der Waals surface area contributed by atoms with Crippen LogP contribution in [0.15, 0.2) is 0 Å². The summed E-state index contributed by atoms with van der Waals surface area (Å²) in [6, 6.07) is 0. The number of nitrogens with two attached hydrogens (primary N) is 1. The molecule has 4 N–H and O–H groups in total. The normalized spacial score (nSPS) is 26.8. The van der Waals surface area contributed by atoms with Crippen LogP contribution in [0.3, 0.4) is 0 Å². The highest BCUT2D eigenvalue weighted by molar-refractivity contribution is 5.85. The lowest BCUT2D eigenvalue weighted by atomic mass is 9.81. The molecule has 122 valence electrons. The molecule has 2 rings (SSSR count). The van der Waals surface area contributed by atoms with Gasteiger partial charge in [-0.3, -0.25) is 10.2 Å². The zero-order valence-corrected chi connectivity index (χ0v) is 13.6. The SMILES string of the molecule is CN1CCN(C(=O)[C@H]2CC[C@H](CNC(=N)N)CC2)CC1.Cl. The van der Waals surface area contributed by atoms with E-state index in [4.69, 9.17) is 11.1 Å². The smallest absolute Gasteiger partial charge is 0.225 e. The third-order valence-corrected chi connectivity index (χ3v) is 4.59. The summed E-state index contributed by atoms with van der Waals surface area (Å²) in [4.78, 5) is 16.8. The number of piperazine rings is 1. The van der Waals surface area contributed by atoms with E-state index in [1.165, 1.54) is 0 Å². The Morgan fingerprint density at radius 2 is 1.76 bits per heavy atom. The van der Waals surface area contributed by atoms with Crippen LogP contribution in [0.5, 0.6) is 0 Å². The number of nitrogens with one attached hydrogen (secondary N) is 2. The van der Waals surface area contributed by atoms with Crippen LogP contribution in [-0.4, -0.2) is 61.4 Å². The first kappa shape index (κ1) is 18.0. The molecule has 1 saturated heterocycles. The summed E-state index contributed by atoms with van der Waals surface area (Å²) in [7, 11) is 2.11. The number of hydrogen-bond acceptors (Lipinski definition) is 3. The number of likely N-dealkylation sites (N-methyl/N-ethyl adjacent to an activating group) is 1. The van der Waals surface area contributed by atoms with E-state index in [9.17, 15) is 4.79 Å². The van der Waals surface area contributed by atoms with Crippen molar-refractivity contribution in [1.29, 1.82) is 5.41 Å². The summed E-state index contributed by atoms with van der Waals surface area (Å²) >= 11 is 0. The van der Waals surface area contributed by atoms with Gasteiger partial charge in [0.2, 0.25) is 5.91 Å². The van der Waals surface area contributed by atoms with Gasteiger partial charge in [-0.1, -0.05) is 0 Å². The van der Waals surface area contributed by atoms with E-state index >= 15 is 0 Å². The van der Waals surface area contributed by atoms with Crippen LogP contribution in [0.2, 0.25) is 0 Å². The zero-order valence-electron chi connectivity index (χ0n) is 12.8. The second-order valence-corrected chi connectivity index (χ2v) is 6.14. The third kappa shape index (κ3) is 5.36. The van der Waals surface area contributed by atoms with Gasteiger partial charge in [-0.2, -0.15) is 0 Å². The Morgan fingerprint density at radius 3 is 2.29 bits per heavy atom. The van der Waals surface area contributed by atoms with Crippen molar-refractivity contribution in [3.8, 4) is 0 Å². The lowest BCUT2D eigenvalue weighted by molar-refractivity contribution is -0.138. The molecule has 0 atom stereocenters. The number of nitrogens with zero attached hydrogens (tertiary/aromatic N) is 2. The van der Waals surface area contributed by atoms with E-state index < -0.39 is 0 Å². The van der Waals surface area contributed by atoms with Crippen molar-refractivity contribution in [3.05, 3.63) is 0 Å². The minimum atomic E-state index is 0. The van der Waals surface area contributed by atoms with Crippen LogP contribution in [0.1, 0.15) is 25.7 Å².